The predicted octanol–water partition coefficient (Wildman–Crippen LogP) is -3.95. The molecule has 0 aliphatic carbocycles. The maximum absolute atomic E-state index is 8.92. The van der Waals surface area contributed by atoms with E-state index >= 15 is 0 Å². The Bertz CT molecular complexity index is 567. The molecule has 110 valence electrons. The van der Waals surface area contributed by atoms with Crippen molar-refractivity contribution in [1.29, 1.82) is 0 Å². The maximum Gasteiger partial charge on any atom is 0.205 e. The van der Waals surface area contributed by atoms with Crippen LogP contribution >= 0.6 is 0 Å². The highest BCUT2D eigenvalue weighted by molar-refractivity contribution is 5.83. The fraction of sp³-hybridized carbons (Fsp3) is 0.545. The first-order chi connectivity index (χ1) is 9.28. The molecule has 20 heavy (non-hydrogen) atoms. The van der Waals surface area contributed by atoms with Crippen LogP contribution in [0.5, 0.6) is 0 Å². The normalized spacial score (nSPS) is 16.4. The number of β-amino-alcohol motifs (C(OH)–C–C–N with tert-alkyl or cyclic N) is 1. The molecule has 0 bridgehead atoms. The van der Waals surface area contributed by atoms with E-state index in [1.165, 1.54) is 6.33 Å². The molecule has 0 unspecified atom stereocenters. The number of H-pyrrole nitrogens is 1. The summed E-state index contributed by atoms with van der Waals surface area (Å²) in [7, 11) is 0. The zero-order valence-corrected chi connectivity index (χ0v) is 11.7. The first-order valence-electron chi connectivity index (χ1n) is 6.32. The van der Waals surface area contributed by atoms with Crippen molar-refractivity contribution in [3.05, 3.63) is 6.33 Å². The summed E-state index contributed by atoms with van der Waals surface area (Å²) in [5.74, 6) is 1.20. The minimum atomic E-state index is 0. The minimum absolute atomic E-state index is 0. The SMILES string of the molecule is Nc1ncnc2nc(N3CCN(CCO)CC3)[nH]c12.[Cl-]. The van der Waals surface area contributed by atoms with E-state index in [0.717, 1.165) is 38.7 Å². The number of aromatic amines is 1. The quantitative estimate of drug-likeness (QED) is 0.531. The Morgan fingerprint density at radius 1 is 1.25 bits per heavy atom. The van der Waals surface area contributed by atoms with Crippen molar-refractivity contribution >= 4 is 22.9 Å². The van der Waals surface area contributed by atoms with Gasteiger partial charge >= 0.3 is 0 Å². The molecule has 8 nitrogen and oxygen atoms in total. The summed E-state index contributed by atoms with van der Waals surface area (Å²) in [5.41, 5.74) is 7.07. The van der Waals surface area contributed by atoms with Gasteiger partial charge in [-0.3, -0.25) is 4.90 Å². The second kappa shape index (κ2) is 6.21. The van der Waals surface area contributed by atoms with Crippen molar-refractivity contribution in [3.8, 4) is 0 Å². The van der Waals surface area contributed by atoms with Crippen LogP contribution < -0.4 is 23.0 Å². The summed E-state index contributed by atoms with van der Waals surface area (Å²) in [6, 6.07) is 0. The summed E-state index contributed by atoms with van der Waals surface area (Å²) in [6.45, 7) is 4.50. The van der Waals surface area contributed by atoms with Gasteiger partial charge in [0.2, 0.25) is 5.95 Å². The van der Waals surface area contributed by atoms with Gasteiger partial charge < -0.3 is 33.1 Å². The fourth-order valence-electron chi connectivity index (χ4n) is 2.31. The van der Waals surface area contributed by atoms with Crippen LogP contribution in [0.25, 0.3) is 11.2 Å². The molecule has 0 saturated carbocycles. The number of piperazine rings is 1. The van der Waals surface area contributed by atoms with Gasteiger partial charge in [-0.25, -0.2) is 9.97 Å². The van der Waals surface area contributed by atoms with Gasteiger partial charge in [0.15, 0.2) is 11.5 Å². The second-order valence-corrected chi connectivity index (χ2v) is 4.57. The molecule has 3 rings (SSSR count). The Morgan fingerprint density at radius 3 is 2.65 bits per heavy atom. The number of aromatic nitrogens is 4. The summed E-state index contributed by atoms with van der Waals surface area (Å²) >= 11 is 0. The number of aliphatic hydroxyl groups is 1. The molecule has 0 aromatic carbocycles. The Morgan fingerprint density at radius 2 is 2.00 bits per heavy atom. The molecule has 4 N–H and O–H groups in total. The molecule has 0 radical (unpaired) electrons. The average molecular weight is 299 g/mol. The monoisotopic (exact) mass is 298 g/mol. The second-order valence-electron chi connectivity index (χ2n) is 4.57. The summed E-state index contributed by atoms with van der Waals surface area (Å²) < 4.78 is 0. The van der Waals surface area contributed by atoms with E-state index < -0.39 is 0 Å². The van der Waals surface area contributed by atoms with Crippen molar-refractivity contribution in [2.45, 2.75) is 0 Å². The van der Waals surface area contributed by atoms with E-state index in [1.807, 2.05) is 0 Å². The van der Waals surface area contributed by atoms with Crippen LogP contribution in [0.3, 0.4) is 0 Å². The third-order valence-corrected chi connectivity index (χ3v) is 3.39. The first kappa shape index (κ1) is 14.8. The molecule has 1 aliphatic rings. The lowest BCUT2D eigenvalue weighted by molar-refractivity contribution is -0.00000537. The van der Waals surface area contributed by atoms with Crippen molar-refractivity contribution in [2.75, 3.05) is 50.0 Å². The number of nitrogens with two attached hydrogens (primary N) is 1. The molecule has 1 saturated heterocycles. The Hall–Kier alpha value is -1.64. The van der Waals surface area contributed by atoms with Gasteiger partial charge in [0, 0.05) is 32.7 Å². The average Bonchev–Trinajstić information content (AvgIpc) is 2.85. The number of rotatable bonds is 3. The number of hydrogen-bond donors (Lipinski definition) is 3. The highest BCUT2D eigenvalue weighted by Crippen LogP contribution is 2.19. The first-order valence-corrected chi connectivity index (χ1v) is 6.32. The van der Waals surface area contributed by atoms with Gasteiger partial charge in [0.05, 0.1) is 6.61 Å². The Balaban J connectivity index is 0.00000147. The van der Waals surface area contributed by atoms with E-state index in [-0.39, 0.29) is 19.0 Å². The Labute approximate surface area is 122 Å². The van der Waals surface area contributed by atoms with Crippen LogP contribution in [0.15, 0.2) is 6.33 Å². The number of nitrogens with zero attached hydrogens (tertiary/aromatic N) is 5. The van der Waals surface area contributed by atoms with Crippen molar-refractivity contribution < 1.29 is 17.5 Å². The number of nitrogen functional groups attached to an aromatic ring is 1. The minimum Gasteiger partial charge on any atom is -1.00 e. The molecule has 0 amide bonds. The van der Waals surface area contributed by atoms with Crippen LogP contribution in [-0.4, -0.2) is 69.3 Å². The standard InChI is InChI=1S/C11H17N7O.ClH/c12-9-8-10(14-7-13-9)16-11(15-8)18-3-1-17(2-4-18)5-6-19;/h7,19H,1-6H2,(H3,12,13,14,15,16);1H/p-1. The molecule has 2 aromatic heterocycles. The van der Waals surface area contributed by atoms with E-state index in [0.29, 0.717) is 17.0 Å². The third kappa shape index (κ3) is 2.77. The Kier molecular flexibility index (Phi) is 4.58. The number of fused-ring (bicyclic) bond motifs is 1. The van der Waals surface area contributed by atoms with Gasteiger partial charge in [-0.2, -0.15) is 4.98 Å². The van der Waals surface area contributed by atoms with E-state index in [1.54, 1.807) is 0 Å². The van der Waals surface area contributed by atoms with E-state index in [4.69, 9.17) is 10.8 Å². The van der Waals surface area contributed by atoms with Gasteiger partial charge in [0.25, 0.3) is 0 Å². The number of nitrogens with one attached hydrogen (secondary N) is 1. The van der Waals surface area contributed by atoms with Gasteiger partial charge in [0.1, 0.15) is 11.8 Å². The molecule has 1 fully saturated rings. The lowest BCUT2D eigenvalue weighted by Crippen LogP contribution is -3.00. The molecular weight excluding hydrogens is 282 g/mol. The fourth-order valence-corrected chi connectivity index (χ4v) is 2.31. The lowest BCUT2D eigenvalue weighted by atomic mass is 10.3. The summed E-state index contributed by atoms with van der Waals surface area (Å²) in [6.07, 6.45) is 1.42. The number of imidazole rings is 1. The van der Waals surface area contributed by atoms with E-state index in [9.17, 15) is 0 Å². The molecule has 3 heterocycles. The van der Waals surface area contributed by atoms with Gasteiger partial charge in [-0.15, -0.1) is 0 Å². The molecule has 0 spiro atoms. The topological polar surface area (TPSA) is 107 Å². The predicted molar refractivity (Wildman–Crippen MR) is 71.8 cm³/mol. The van der Waals surface area contributed by atoms with Crippen LogP contribution in [0.4, 0.5) is 11.8 Å². The molecular formula is C11H17ClN7O-. The van der Waals surface area contributed by atoms with E-state index in [2.05, 4.69) is 29.7 Å². The van der Waals surface area contributed by atoms with Gasteiger partial charge in [-0.05, 0) is 0 Å². The number of anilines is 2. The van der Waals surface area contributed by atoms with Crippen molar-refractivity contribution in [1.82, 2.24) is 24.8 Å². The summed E-state index contributed by atoms with van der Waals surface area (Å²) in [5, 5.41) is 8.92. The summed E-state index contributed by atoms with van der Waals surface area (Å²) in [4.78, 5) is 20.0. The number of hydrogen-bond acceptors (Lipinski definition) is 7. The molecule has 2 aromatic rings. The highest BCUT2D eigenvalue weighted by atomic mass is 35.5. The molecule has 1 aliphatic heterocycles. The van der Waals surface area contributed by atoms with Crippen LogP contribution in [0.1, 0.15) is 0 Å². The van der Waals surface area contributed by atoms with Crippen molar-refractivity contribution in [3.63, 3.8) is 0 Å². The highest BCUT2D eigenvalue weighted by Gasteiger charge is 2.19. The third-order valence-electron chi connectivity index (χ3n) is 3.39. The lowest BCUT2D eigenvalue weighted by Gasteiger charge is -2.34. The van der Waals surface area contributed by atoms with Gasteiger partial charge in [-0.1, -0.05) is 0 Å². The maximum atomic E-state index is 8.92. The number of halogens is 1. The zero-order valence-electron chi connectivity index (χ0n) is 11.0. The smallest absolute Gasteiger partial charge is 0.205 e. The van der Waals surface area contributed by atoms with Crippen LogP contribution in [-0.2, 0) is 0 Å². The zero-order chi connectivity index (χ0) is 13.2. The molecule has 0 atom stereocenters. The molecule has 9 heteroatoms. The van der Waals surface area contributed by atoms with Crippen LogP contribution in [0, 0.1) is 0 Å². The van der Waals surface area contributed by atoms with Crippen molar-refractivity contribution in [2.24, 2.45) is 0 Å². The largest absolute Gasteiger partial charge is 1.00 e. The number of aliphatic hydroxyl groups excluding tert-OH is 1. The van der Waals surface area contributed by atoms with Crippen LogP contribution in [0.2, 0.25) is 0 Å².